The van der Waals surface area contributed by atoms with Gasteiger partial charge in [-0.3, -0.25) is 14.4 Å². The second kappa shape index (κ2) is 6.39. The lowest BCUT2D eigenvalue weighted by molar-refractivity contribution is -0.121. The number of rotatable bonds is 5. The van der Waals surface area contributed by atoms with Crippen molar-refractivity contribution in [2.45, 2.75) is 19.8 Å². The third-order valence-electron chi connectivity index (χ3n) is 3.32. The van der Waals surface area contributed by atoms with Gasteiger partial charge in [0.2, 0.25) is 5.91 Å². The van der Waals surface area contributed by atoms with Crippen LogP contribution >= 0.6 is 0 Å². The van der Waals surface area contributed by atoms with E-state index in [-0.39, 0.29) is 37.0 Å². The molecule has 6 heteroatoms. The molecule has 1 aliphatic rings. The normalized spacial score (nSPS) is 13.4. The van der Waals surface area contributed by atoms with Crippen molar-refractivity contribution in [3.63, 3.8) is 0 Å². The molecule has 1 aromatic rings. The lowest BCUT2D eigenvalue weighted by Gasteiger charge is -2.26. The molecule has 0 saturated heterocycles. The standard InChI is InChI=1S/C15H18N2O4/c1-3-16-14(19)7-5-12(18)10-4-6-13-11(8-10)17(2)15(20)9-21-13/h4,6,8H,3,5,7,9H2,1-2H3,(H,16,19). The van der Waals surface area contributed by atoms with Gasteiger partial charge in [-0.15, -0.1) is 0 Å². The first-order valence-electron chi connectivity index (χ1n) is 6.86. The van der Waals surface area contributed by atoms with E-state index in [0.717, 1.165) is 0 Å². The Kier molecular flexibility index (Phi) is 4.57. The number of nitrogens with one attached hydrogen (secondary N) is 1. The van der Waals surface area contributed by atoms with E-state index < -0.39 is 0 Å². The SMILES string of the molecule is CCNC(=O)CCC(=O)c1ccc2c(c1)N(C)C(=O)CO2. The number of ether oxygens (including phenoxy) is 1. The lowest BCUT2D eigenvalue weighted by Crippen LogP contribution is -2.35. The molecule has 0 spiro atoms. The van der Waals surface area contributed by atoms with Crippen molar-refractivity contribution in [2.24, 2.45) is 0 Å². The molecule has 0 aromatic heterocycles. The molecule has 1 N–H and O–H groups in total. The maximum absolute atomic E-state index is 12.1. The van der Waals surface area contributed by atoms with Gasteiger partial charge < -0.3 is 15.0 Å². The number of carbonyl (C=O) groups excluding carboxylic acids is 3. The largest absolute Gasteiger partial charge is 0.482 e. The van der Waals surface area contributed by atoms with E-state index in [2.05, 4.69) is 5.32 Å². The van der Waals surface area contributed by atoms with Crippen molar-refractivity contribution in [3.8, 4) is 5.75 Å². The molecule has 0 aliphatic carbocycles. The number of Topliss-reactive ketones (excluding diaryl/α,β-unsaturated/α-hetero) is 1. The van der Waals surface area contributed by atoms with E-state index in [0.29, 0.717) is 23.5 Å². The van der Waals surface area contributed by atoms with Crippen LogP contribution in [0.4, 0.5) is 5.69 Å². The summed E-state index contributed by atoms with van der Waals surface area (Å²) < 4.78 is 5.30. The third-order valence-corrected chi connectivity index (χ3v) is 3.32. The molecular formula is C15H18N2O4. The summed E-state index contributed by atoms with van der Waals surface area (Å²) in [6.45, 7) is 2.39. The van der Waals surface area contributed by atoms with Gasteiger partial charge >= 0.3 is 0 Å². The molecule has 0 atom stereocenters. The summed E-state index contributed by atoms with van der Waals surface area (Å²) in [5.74, 6) is 0.154. The highest BCUT2D eigenvalue weighted by Gasteiger charge is 2.23. The summed E-state index contributed by atoms with van der Waals surface area (Å²) in [5.41, 5.74) is 1.05. The minimum atomic E-state index is -0.158. The topological polar surface area (TPSA) is 75.7 Å². The van der Waals surface area contributed by atoms with Gasteiger partial charge in [0.05, 0.1) is 5.69 Å². The summed E-state index contributed by atoms with van der Waals surface area (Å²) in [7, 11) is 1.65. The van der Waals surface area contributed by atoms with E-state index in [1.807, 2.05) is 6.92 Å². The Bertz CT molecular complexity index is 583. The smallest absolute Gasteiger partial charge is 0.264 e. The average molecular weight is 290 g/mol. The first-order valence-corrected chi connectivity index (χ1v) is 6.86. The molecule has 112 valence electrons. The molecule has 21 heavy (non-hydrogen) atoms. The van der Waals surface area contributed by atoms with Gasteiger partial charge in [-0.25, -0.2) is 0 Å². The van der Waals surface area contributed by atoms with E-state index in [9.17, 15) is 14.4 Å². The highest BCUT2D eigenvalue weighted by molar-refractivity contribution is 6.02. The number of fused-ring (bicyclic) bond motifs is 1. The zero-order valence-electron chi connectivity index (χ0n) is 12.1. The van der Waals surface area contributed by atoms with Crippen LogP contribution in [0, 0.1) is 0 Å². The summed E-state index contributed by atoms with van der Waals surface area (Å²) >= 11 is 0. The molecule has 2 rings (SSSR count). The molecule has 1 aliphatic heterocycles. The molecule has 0 radical (unpaired) electrons. The van der Waals surface area contributed by atoms with Crippen LogP contribution in [0.2, 0.25) is 0 Å². The monoisotopic (exact) mass is 290 g/mol. The molecule has 0 unspecified atom stereocenters. The molecule has 1 heterocycles. The quantitative estimate of drug-likeness (QED) is 0.825. The van der Waals surface area contributed by atoms with Gasteiger partial charge in [0.25, 0.3) is 5.91 Å². The van der Waals surface area contributed by atoms with E-state index in [1.54, 1.807) is 25.2 Å². The Labute approximate surface area is 123 Å². The van der Waals surface area contributed by atoms with Crippen LogP contribution < -0.4 is 15.0 Å². The molecular weight excluding hydrogens is 272 g/mol. The highest BCUT2D eigenvalue weighted by Crippen LogP contribution is 2.32. The van der Waals surface area contributed by atoms with Crippen LogP contribution in [-0.4, -0.2) is 37.8 Å². The first kappa shape index (κ1) is 15.0. The van der Waals surface area contributed by atoms with Crippen LogP contribution in [0.25, 0.3) is 0 Å². The minimum Gasteiger partial charge on any atom is -0.482 e. The summed E-state index contributed by atoms with van der Waals surface area (Å²) in [6, 6.07) is 4.96. The molecule has 2 amide bonds. The number of amides is 2. The first-order chi connectivity index (χ1) is 10.0. The number of nitrogens with zero attached hydrogens (tertiary/aromatic N) is 1. The van der Waals surface area contributed by atoms with Crippen LogP contribution in [0.3, 0.4) is 0 Å². The van der Waals surface area contributed by atoms with Gasteiger partial charge in [-0.1, -0.05) is 0 Å². The third kappa shape index (κ3) is 3.39. The van der Waals surface area contributed by atoms with E-state index >= 15 is 0 Å². The van der Waals surface area contributed by atoms with E-state index in [1.165, 1.54) is 4.90 Å². The second-order valence-electron chi connectivity index (χ2n) is 4.80. The Morgan fingerprint density at radius 3 is 2.81 bits per heavy atom. The maximum Gasteiger partial charge on any atom is 0.264 e. The van der Waals surface area contributed by atoms with Crippen molar-refractivity contribution in [1.29, 1.82) is 0 Å². The molecule has 0 fully saturated rings. The number of carbonyl (C=O) groups is 3. The number of hydrogen-bond donors (Lipinski definition) is 1. The number of anilines is 1. The zero-order valence-corrected chi connectivity index (χ0v) is 12.1. The van der Waals surface area contributed by atoms with Crippen LogP contribution in [0.1, 0.15) is 30.1 Å². The molecule has 0 saturated carbocycles. The summed E-state index contributed by atoms with van der Waals surface area (Å²) in [4.78, 5) is 36.5. The summed E-state index contributed by atoms with van der Waals surface area (Å²) in [5, 5.41) is 2.65. The Morgan fingerprint density at radius 2 is 2.10 bits per heavy atom. The number of hydrogen-bond acceptors (Lipinski definition) is 4. The number of likely N-dealkylation sites (N-methyl/N-ethyl adjacent to an activating group) is 1. The van der Waals surface area contributed by atoms with Crippen LogP contribution in [0.5, 0.6) is 5.75 Å². The molecule has 6 nitrogen and oxygen atoms in total. The Morgan fingerprint density at radius 1 is 1.33 bits per heavy atom. The maximum atomic E-state index is 12.1. The zero-order chi connectivity index (χ0) is 15.4. The van der Waals surface area contributed by atoms with Crippen molar-refractivity contribution in [1.82, 2.24) is 5.32 Å². The fraction of sp³-hybridized carbons (Fsp3) is 0.400. The highest BCUT2D eigenvalue weighted by atomic mass is 16.5. The van der Waals surface area contributed by atoms with Crippen molar-refractivity contribution >= 4 is 23.3 Å². The average Bonchev–Trinajstić information content (AvgIpc) is 2.48. The van der Waals surface area contributed by atoms with Crippen LogP contribution in [0.15, 0.2) is 18.2 Å². The van der Waals surface area contributed by atoms with Gasteiger partial charge in [0.1, 0.15) is 5.75 Å². The number of ketones is 1. The van der Waals surface area contributed by atoms with E-state index in [4.69, 9.17) is 4.74 Å². The fourth-order valence-electron chi connectivity index (χ4n) is 2.10. The van der Waals surface area contributed by atoms with Gasteiger partial charge in [-0.2, -0.15) is 0 Å². The van der Waals surface area contributed by atoms with Gasteiger partial charge in [0.15, 0.2) is 12.4 Å². The van der Waals surface area contributed by atoms with Crippen molar-refractivity contribution in [2.75, 3.05) is 25.1 Å². The predicted octanol–water partition coefficient (Wildman–Crippen LogP) is 1.14. The lowest BCUT2D eigenvalue weighted by atomic mass is 10.0. The van der Waals surface area contributed by atoms with Crippen molar-refractivity contribution < 1.29 is 19.1 Å². The molecule has 0 bridgehead atoms. The van der Waals surface area contributed by atoms with Crippen molar-refractivity contribution in [3.05, 3.63) is 23.8 Å². The van der Waals surface area contributed by atoms with Gasteiger partial charge in [0, 0.05) is 32.0 Å². The van der Waals surface area contributed by atoms with Gasteiger partial charge in [-0.05, 0) is 25.1 Å². The summed E-state index contributed by atoms with van der Waals surface area (Å²) in [6.07, 6.45) is 0.304. The second-order valence-corrected chi connectivity index (χ2v) is 4.80. The molecule has 1 aromatic carbocycles. The predicted molar refractivity (Wildman–Crippen MR) is 77.6 cm³/mol. The Balaban J connectivity index is 2.09. The Hall–Kier alpha value is -2.37. The minimum absolute atomic E-state index is 0.00792. The fourth-order valence-corrected chi connectivity index (χ4v) is 2.10. The van der Waals surface area contributed by atoms with Crippen LogP contribution in [-0.2, 0) is 9.59 Å². The number of benzene rings is 1.